The SMILES string of the molecule is CC(CNC(=O)OCC1c2ccccc2-c2ccccc21)(CC(=O)O)c1ccc(Cl)cc1. The number of fused-ring (bicyclic) bond motifs is 3. The van der Waals surface area contributed by atoms with Crippen molar-refractivity contribution in [2.75, 3.05) is 13.2 Å². The summed E-state index contributed by atoms with van der Waals surface area (Å²) in [6, 6.07) is 23.3. The summed E-state index contributed by atoms with van der Waals surface area (Å²) >= 11 is 5.96. The molecule has 1 atom stereocenters. The molecule has 6 heteroatoms. The second kappa shape index (κ2) is 9.05. The maximum Gasteiger partial charge on any atom is 0.407 e. The second-order valence-electron chi connectivity index (χ2n) is 8.32. The predicted molar refractivity (Wildman–Crippen MR) is 124 cm³/mol. The summed E-state index contributed by atoms with van der Waals surface area (Å²) < 4.78 is 5.58. The summed E-state index contributed by atoms with van der Waals surface area (Å²) in [5, 5.41) is 12.7. The number of benzene rings is 3. The lowest BCUT2D eigenvalue weighted by Crippen LogP contribution is -2.40. The number of nitrogens with one attached hydrogen (secondary N) is 1. The number of hydrogen-bond donors (Lipinski definition) is 2. The molecule has 0 spiro atoms. The number of halogens is 1. The average Bonchev–Trinajstić information content (AvgIpc) is 3.10. The molecule has 5 nitrogen and oxygen atoms in total. The van der Waals surface area contributed by atoms with Gasteiger partial charge in [0, 0.05) is 22.9 Å². The molecule has 1 aliphatic carbocycles. The summed E-state index contributed by atoms with van der Waals surface area (Å²) in [5.41, 5.74) is 4.57. The smallest absolute Gasteiger partial charge is 0.407 e. The number of ether oxygens (including phenoxy) is 1. The molecule has 3 aromatic rings. The molecule has 0 saturated carbocycles. The minimum absolute atomic E-state index is 0.0326. The largest absolute Gasteiger partial charge is 0.481 e. The van der Waals surface area contributed by atoms with Crippen LogP contribution in [0.4, 0.5) is 4.79 Å². The van der Waals surface area contributed by atoms with E-state index in [1.54, 1.807) is 31.2 Å². The quantitative estimate of drug-likeness (QED) is 0.491. The topological polar surface area (TPSA) is 75.6 Å². The third-order valence-corrected chi connectivity index (χ3v) is 6.30. The molecule has 0 bridgehead atoms. The van der Waals surface area contributed by atoms with Gasteiger partial charge in [0.05, 0.1) is 6.42 Å². The van der Waals surface area contributed by atoms with Crippen LogP contribution in [-0.4, -0.2) is 30.3 Å². The Bertz CT molecular complexity index is 1100. The highest BCUT2D eigenvalue weighted by molar-refractivity contribution is 6.30. The van der Waals surface area contributed by atoms with Gasteiger partial charge in [0.15, 0.2) is 0 Å². The first kappa shape index (κ1) is 21.9. The van der Waals surface area contributed by atoms with Gasteiger partial charge in [-0.3, -0.25) is 4.79 Å². The van der Waals surface area contributed by atoms with Crippen LogP contribution in [0, 0.1) is 0 Å². The monoisotopic (exact) mass is 449 g/mol. The Morgan fingerprint density at radius 3 is 2.09 bits per heavy atom. The molecular formula is C26H24ClNO4. The van der Waals surface area contributed by atoms with Gasteiger partial charge in [-0.05, 0) is 39.9 Å². The second-order valence-corrected chi connectivity index (χ2v) is 8.75. The normalized spacial score (nSPS) is 14.2. The number of carboxylic acids is 1. The Hall–Kier alpha value is -3.31. The van der Waals surface area contributed by atoms with Crippen molar-refractivity contribution in [3.63, 3.8) is 0 Å². The van der Waals surface area contributed by atoms with E-state index in [4.69, 9.17) is 16.3 Å². The molecule has 1 amide bonds. The molecule has 0 aromatic heterocycles. The van der Waals surface area contributed by atoms with Crippen molar-refractivity contribution in [2.24, 2.45) is 0 Å². The fourth-order valence-electron chi connectivity index (χ4n) is 4.37. The van der Waals surface area contributed by atoms with Crippen molar-refractivity contribution in [2.45, 2.75) is 24.7 Å². The summed E-state index contributed by atoms with van der Waals surface area (Å²) in [6.07, 6.45) is -0.712. The average molecular weight is 450 g/mol. The summed E-state index contributed by atoms with van der Waals surface area (Å²) in [7, 11) is 0. The maximum absolute atomic E-state index is 12.5. The lowest BCUT2D eigenvalue weighted by atomic mass is 9.79. The standard InChI is InChI=1S/C26H24ClNO4/c1-26(14-24(29)30,17-10-12-18(27)13-11-17)16-28-25(31)32-15-23-21-8-4-2-6-19(21)20-7-3-5-9-22(20)23/h2-13,23H,14-16H2,1H3,(H,28,31)(H,29,30). The Kier molecular flexibility index (Phi) is 6.19. The lowest BCUT2D eigenvalue weighted by molar-refractivity contribution is -0.138. The minimum atomic E-state index is -0.947. The third-order valence-electron chi connectivity index (χ3n) is 6.05. The van der Waals surface area contributed by atoms with Crippen LogP contribution in [0.5, 0.6) is 0 Å². The van der Waals surface area contributed by atoms with Gasteiger partial charge >= 0.3 is 12.1 Å². The van der Waals surface area contributed by atoms with Gasteiger partial charge in [-0.2, -0.15) is 0 Å². The molecule has 164 valence electrons. The van der Waals surface area contributed by atoms with Crippen molar-refractivity contribution < 1.29 is 19.4 Å². The number of rotatable bonds is 7. The highest BCUT2D eigenvalue weighted by atomic mass is 35.5. The van der Waals surface area contributed by atoms with E-state index >= 15 is 0 Å². The van der Waals surface area contributed by atoms with Crippen LogP contribution in [0.3, 0.4) is 0 Å². The molecule has 3 aromatic carbocycles. The first-order chi connectivity index (χ1) is 15.4. The Balaban J connectivity index is 1.43. The summed E-state index contributed by atoms with van der Waals surface area (Å²) in [5.74, 6) is -0.980. The Morgan fingerprint density at radius 2 is 1.53 bits per heavy atom. The highest BCUT2D eigenvalue weighted by Gasteiger charge is 2.32. The molecule has 0 radical (unpaired) electrons. The fourth-order valence-corrected chi connectivity index (χ4v) is 4.50. The van der Waals surface area contributed by atoms with Crippen molar-refractivity contribution in [3.05, 3.63) is 94.5 Å². The van der Waals surface area contributed by atoms with E-state index in [1.165, 1.54) is 0 Å². The third kappa shape index (κ3) is 4.48. The van der Waals surface area contributed by atoms with Crippen molar-refractivity contribution >= 4 is 23.7 Å². The number of carbonyl (C=O) groups excluding carboxylic acids is 1. The molecule has 2 N–H and O–H groups in total. The molecule has 0 heterocycles. The van der Waals surface area contributed by atoms with Gasteiger partial charge in [0.2, 0.25) is 0 Å². The Labute approximate surface area is 192 Å². The zero-order valence-electron chi connectivity index (χ0n) is 17.7. The van der Waals surface area contributed by atoms with E-state index in [0.717, 1.165) is 27.8 Å². The molecule has 0 aliphatic heterocycles. The first-order valence-corrected chi connectivity index (χ1v) is 10.8. The van der Waals surface area contributed by atoms with E-state index in [9.17, 15) is 14.7 Å². The van der Waals surface area contributed by atoms with E-state index in [0.29, 0.717) is 5.02 Å². The molecule has 4 rings (SSSR count). The van der Waals surface area contributed by atoms with E-state index < -0.39 is 17.5 Å². The number of amides is 1. The minimum Gasteiger partial charge on any atom is -0.481 e. The van der Waals surface area contributed by atoms with Crippen LogP contribution in [0.1, 0.15) is 36.0 Å². The van der Waals surface area contributed by atoms with Crippen molar-refractivity contribution in [1.82, 2.24) is 5.32 Å². The molecule has 1 unspecified atom stereocenters. The van der Waals surface area contributed by atoms with Crippen LogP contribution in [0.25, 0.3) is 11.1 Å². The van der Waals surface area contributed by atoms with Crippen LogP contribution in [0.2, 0.25) is 5.02 Å². The number of hydrogen-bond acceptors (Lipinski definition) is 3. The first-order valence-electron chi connectivity index (χ1n) is 10.4. The number of aliphatic carboxylic acids is 1. The van der Waals surface area contributed by atoms with Gasteiger partial charge in [-0.15, -0.1) is 0 Å². The van der Waals surface area contributed by atoms with Crippen LogP contribution < -0.4 is 5.32 Å². The highest BCUT2D eigenvalue weighted by Crippen LogP contribution is 2.44. The van der Waals surface area contributed by atoms with Gasteiger partial charge in [-0.25, -0.2) is 4.79 Å². The van der Waals surface area contributed by atoms with E-state index in [2.05, 4.69) is 29.6 Å². The van der Waals surface area contributed by atoms with Gasteiger partial charge < -0.3 is 15.2 Å². The van der Waals surface area contributed by atoms with E-state index in [1.807, 2.05) is 24.3 Å². The molecule has 0 saturated heterocycles. The van der Waals surface area contributed by atoms with Gasteiger partial charge in [0.25, 0.3) is 0 Å². The number of alkyl carbamates (subject to hydrolysis) is 1. The summed E-state index contributed by atoms with van der Waals surface area (Å²) in [4.78, 5) is 24.0. The van der Waals surface area contributed by atoms with Crippen LogP contribution in [-0.2, 0) is 14.9 Å². The summed E-state index contributed by atoms with van der Waals surface area (Å²) in [6.45, 7) is 2.13. The number of carbonyl (C=O) groups is 2. The van der Waals surface area contributed by atoms with Crippen LogP contribution >= 0.6 is 11.6 Å². The van der Waals surface area contributed by atoms with Crippen LogP contribution in [0.15, 0.2) is 72.8 Å². The van der Waals surface area contributed by atoms with Crippen molar-refractivity contribution in [3.8, 4) is 11.1 Å². The molecule has 0 fully saturated rings. The fraction of sp³-hybridized carbons (Fsp3) is 0.231. The predicted octanol–water partition coefficient (Wildman–Crippen LogP) is 5.61. The Morgan fingerprint density at radius 1 is 0.969 bits per heavy atom. The van der Waals surface area contributed by atoms with Crippen molar-refractivity contribution in [1.29, 1.82) is 0 Å². The zero-order chi connectivity index (χ0) is 22.7. The van der Waals surface area contributed by atoms with E-state index in [-0.39, 0.29) is 25.5 Å². The zero-order valence-corrected chi connectivity index (χ0v) is 18.4. The maximum atomic E-state index is 12.5. The molecule has 32 heavy (non-hydrogen) atoms. The lowest BCUT2D eigenvalue weighted by Gasteiger charge is -2.29. The van der Waals surface area contributed by atoms with Gasteiger partial charge in [0.1, 0.15) is 6.61 Å². The number of carboxylic acid groups (broad SMARTS) is 1. The van der Waals surface area contributed by atoms with Gasteiger partial charge in [-0.1, -0.05) is 79.2 Å². The molecular weight excluding hydrogens is 426 g/mol. The molecule has 1 aliphatic rings.